The number of esters is 1. The third-order valence-corrected chi connectivity index (χ3v) is 3.94. The summed E-state index contributed by atoms with van der Waals surface area (Å²) in [6, 6.07) is 5.22. The second kappa shape index (κ2) is 6.97. The van der Waals surface area contributed by atoms with Crippen LogP contribution in [-0.4, -0.2) is 28.4 Å². The predicted molar refractivity (Wildman–Crippen MR) is 83.6 cm³/mol. The van der Waals surface area contributed by atoms with Crippen LogP contribution in [0.25, 0.3) is 0 Å². The molecule has 1 aromatic heterocycles. The Bertz CT molecular complexity index is 772. The van der Waals surface area contributed by atoms with Gasteiger partial charge in [0.1, 0.15) is 6.20 Å². The number of nitrogens with zero attached hydrogens (tertiary/aromatic N) is 2. The van der Waals surface area contributed by atoms with Gasteiger partial charge in [-0.15, -0.1) is 0 Å². The molecule has 9 heteroatoms. The molecule has 0 fully saturated rings. The maximum absolute atomic E-state index is 12.0. The van der Waals surface area contributed by atoms with Crippen molar-refractivity contribution in [3.05, 3.63) is 51.2 Å². The van der Waals surface area contributed by atoms with Crippen molar-refractivity contribution in [2.75, 3.05) is 11.9 Å². The molecule has 0 bridgehead atoms. The third-order valence-electron chi connectivity index (χ3n) is 3.08. The fourth-order valence-corrected chi connectivity index (χ4v) is 2.39. The van der Waals surface area contributed by atoms with Gasteiger partial charge in [-0.2, -0.15) is 0 Å². The minimum Gasteiger partial charge on any atom is -0.452 e. The zero-order valence-electron chi connectivity index (χ0n) is 12.4. The van der Waals surface area contributed by atoms with E-state index in [9.17, 15) is 19.7 Å². The Kier molecular flexibility index (Phi) is 5.02. The number of thiazole rings is 1. The molecule has 0 aliphatic carbocycles. The number of amides is 1. The molecule has 0 saturated heterocycles. The Balaban J connectivity index is 1.92. The van der Waals surface area contributed by atoms with E-state index >= 15 is 0 Å². The first-order valence-electron chi connectivity index (χ1n) is 6.52. The van der Waals surface area contributed by atoms with Crippen LogP contribution < -0.4 is 5.32 Å². The Morgan fingerprint density at radius 1 is 1.39 bits per heavy atom. The van der Waals surface area contributed by atoms with Crippen molar-refractivity contribution in [1.82, 2.24) is 4.98 Å². The molecule has 0 spiro atoms. The number of aromatic nitrogens is 1. The summed E-state index contributed by atoms with van der Waals surface area (Å²) >= 11 is 0.722. The lowest BCUT2D eigenvalue weighted by atomic mass is 10.0. The molecule has 0 radical (unpaired) electrons. The monoisotopic (exact) mass is 335 g/mol. The number of carbonyl (C=O) groups is 2. The first-order valence-corrected chi connectivity index (χ1v) is 7.33. The highest BCUT2D eigenvalue weighted by molar-refractivity contribution is 7.18. The first kappa shape index (κ1) is 16.6. The summed E-state index contributed by atoms with van der Waals surface area (Å²) in [4.78, 5) is 37.3. The zero-order chi connectivity index (χ0) is 17.0. The standard InChI is InChI=1S/C14H13N3O5S/c1-8-4-3-5-10(9(8)2)13(19)22-7-11(18)16-14-15-6-12(23-14)17(20)21/h3-6H,7H2,1-2H3,(H,15,16,18). The van der Waals surface area contributed by atoms with Gasteiger partial charge in [0, 0.05) is 0 Å². The van der Waals surface area contributed by atoms with Crippen molar-refractivity contribution in [1.29, 1.82) is 0 Å². The molecular weight excluding hydrogens is 322 g/mol. The number of ether oxygens (including phenoxy) is 1. The van der Waals surface area contributed by atoms with Crippen molar-refractivity contribution in [3.63, 3.8) is 0 Å². The molecule has 2 rings (SSSR count). The Labute approximate surface area is 135 Å². The van der Waals surface area contributed by atoms with Gasteiger partial charge in [0.05, 0.1) is 10.5 Å². The van der Waals surface area contributed by atoms with E-state index in [0.29, 0.717) is 5.56 Å². The van der Waals surface area contributed by atoms with E-state index in [4.69, 9.17) is 4.74 Å². The molecule has 23 heavy (non-hydrogen) atoms. The van der Waals surface area contributed by atoms with E-state index in [2.05, 4.69) is 10.3 Å². The largest absolute Gasteiger partial charge is 0.452 e. The Morgan fingerprint density at radius 3 is 2.78 bits per heavy atom. The first-order chi connectivity index (χ1) is 10.9. The maximum atomic E-state index is 12.0. The molecule has 120 valence electrons. The molecule has 1 amide bonds. The normalized spacial score (nSPS) is 10.2. The molecule has 0 aliphatic rings. The summed E-state index contributed by atoms with van der Waals surface area (Å²) in [6.07, 6.45) is 1.04. The van der Waals surface area contributed by atoms with Crippen LogP contribution in [-0.2, 0) is 9.53 Å². The molecule has 8 nitrogen and oxygen atoms in total. The number of aryl methyl sites for hydroxylation is 1. The highest BCUT2D eigenvalue weighted by Gasteiger charge is 2.16. The SMILES string of the molecule is Cc1cccc(C(=O)OCC(=O)Nc2ncc([N+](=O)[O-])s2)c1C. The Morgan fingerprint density at radius 2 is 2.13 bits per heavy atom. The van der Waals surface area contributed by atoms with Gasteiger partial charge in [0.2, 0.25) is 0 Å². The number of rotatable bonds is 5. The smallest absolute Gasteiger partial charge is 0.345 e. The summed E-state index contributed by atoms with van der Waals surface area (Å²) in [7, 11) is 0. The average Bonchev–Trinajstić information content (AvgIpc) is 2.96. The third kappa shape index (κ3) is 4.10. The number of nitrogens with one attached hydrogen (secondary N) is 1. The maximum Gasteiger partial charge on any atom is 0.345 e. The van der Waals surface area contributed by atoms with Crippen LogP contribution in [0, 0.1) is 24.0 Å². The van der Waals surface area contributed by atoms with Crippen molar-refractivity contribution in [3.8, 4) is 0 Å². The van der Waals surface area contributed by atoms with E-state index < -0.39 is 23.4 Å². The second-order valence-electron chi connectivity index (χ2n) is 4.63. The summed E-state index contributed by atoms with van der Waals surface area (Å²) < 4.78 is 4.94. The molecule has 1 N–H and O–H groups in total. The van der Waals surface area contributed by atoms with E-state index in [0.717, 1.165) is 28.7 Å². The van der Waals surface area contributed by atoms with Gasteiger partial charge < -0.3 is 4.74 Å². The Hall–Kier alpha value is -2.81. The van der Waals surface area contributed by atoms with Gasteiger partial charge in [-0.25, -0.2) is 9.78 Å². The minimum absolute atomic E-state index is 0.0736. The number of hydrogen-bond donors (Lipinski definition) is 1. The molecule has 0 atom stereocenters. The van der Waals surface area contributed by atoms with E-state index in [-0.39, 0.29) is 10.1 Å². The van der Waals surface area contributed by atoms with Crippen LogP contribution in [0.5, 0.6) is 0 Å². The topological polar surface area (TPSA) is 111 Å². The second-order valence-corrected chi connectivity index (χ2v) is 5.64. The summed E-state index contributed by atoms with van der Waals surface area (Å²) in [5, 5.41) is 12.7. The molecular formula is C14H13N3O5S. The highest BCUT2D eigenvalue weighted by Crippen LogP contribution is 2.24. The van der Waals surface area contributed by atoms with Crippen LogP contribution >= 0.6 is 11.3 Å². The summed E-state index contributed by atoms with van der Waals surface area (Å²) in [5.74, 6) is -1.22. The lowest BCUT2D eigenvalue weighted by Gasteiger charge is -2.08. The zero-order valence-corrected chi connectivity index (χ0v) is 13.2. The summed E-state index contributed by atoms with van der Waals surface area (Å²) in [5.41, 5.74) is 2.12. The van der Waals surface area contributed by atoms with E-state index in [1.54, 1.807) is 19.1 Å². The lowest BCUT2D eigenvalue weighted by Crippen LogP contribution is -2.21. The van der Waals surface area contributed by atoms with Crippen LogP contribution in [0.2, 0.25) is 0 Å². The van der Waals surface area contributed by atoms with Gasteiger partial charge in [0.25, 0.3) is 5.91 Å². The molecule has 0 saturated carbocycles. The molecule has 1 aromatic carbocycles. The van der Waals surface area contributed by atoms with Crippen LogP contribution in [0.3, 0.4) is 0 Å². The number of anilines is 1. The van der Waals surface area contributed by atoms with E-state index in [1.165, 1.54) is 0 Å². The van der Waals surface area contributed by atoms with E-state index in [1.807, 2.05) is 13.0 Å². The fraction of sp³-hybridized carbons (Fsp3) is 0.214. The number of benzene rings is 1. The number of carbonyl (C=O) groups excluding carboxylic acids is 2. The van der Waals surface area contributed by atoms with Gasteiger partial charge in [-0.1, -0.05) is 12.1 Å². The van der Waals surface area contributed by atoms with Gasteiger partial charge in [-0.3, -0.25) is 20.2 Å². The average molecular weight is 335 g/mol. The lowest BCUT2D eigenvalue weighted by molar-refractivity contribution is -0.380. The number of nitro groups is 1. The predicted octanol–water partition coefficient (Wildman–Crippen LogP) is 2.46. The molecule has 0 aliphatic heterocycles. The molecule has 1 heterocycles. The van der Waals surface area contributed by atoms with Gasteiger partial charge in [0.15, 0.2) is 11.7 Å². The summed E-state index contributed by atoms with van der Waals surface area (Å²) in [6.45, 7) is 3.16. The van der Waals surface area contributed by atoms with Crippen LogP contribution in [0.4, 0.5) is 10.1 Å². The molecule has 2 aromatic rings. The minimum atomic E-state index is -0.618. The molecule has 0 unspecified atom stereocenters. The van der Waals surface area contributed by atoms with Gasteiger partial charge >= 0.3 is 11.0 Å². The van der Waals surface area contributed by atoms with Crippen molar-refractivity contribution < 1.29 is 19.2 Å². The fourth-order valence-electron chi connectivity index (χ4n) is 1.74. The highest BCUT2D eigenvalue weighted by atomic mass is 32.1. The van der Waals surface area contributed by atoms with Crippen molar-refractivity contribution >= 4 is 33.3 Å². The van der Waals surface area contributed by atoms with Crippen molar-refractivity contribution in [2.24, 2.45) is 0 Å². The quantitative estimate of drug-likeness (QED) is 0.510. The van der Waals surface area contributed by atoms with Crippen LogP contribution in [0.1, 0.15) is 21.5 Å². The van der Waals surface area contributed by atoms with Crippen LogP contribution in [0.15, 0.2) is 24.4 Å². The van der Waals surface area contributed by atoms with Crippen molar-refractivity contribution in [2.45, 2.75) is 13.8 Å². The number of hydrogen-bond acceptors (Lipinski definition) is 7. The van der Waals surface area contributed by atoms with Gasteiger partial charge in [-0.05, 0) is 42.4 Å².